The van der Waals surface area contributed by atoms with Gasteiger partial charge in [-0.25, -0.2) is 5.43 Å². The predicted molar refractivity (Wildman–Crippen MR) is 108 cm³/mol. The highest BCUT2D eigenvalue weighted by atomic mass is 127. The first kappa shape index (κ1) is 18.6. The summed E-state index contributed by atoms with van der Waals surface area (Å²) in [5, 5.41) is 36.2. The lowest BCUT2D eigenvalue weighted by molar-refractivity contribution is -0.385. The number of benzene rings is 3. The molecular weight excluding hydrogens is 465 g/mol. The number of nitro benzene ring substituents is 1. The number of nitro groups is 1. The summed E-state index contributed by atoms with van der Waals surface area (Å²) in [6, 6.07) is 12.6. The number of non-ortho nitro benzene ring substituents is 1. The van der Waals surface area contributed by atoms with E-state index in [4.69, 9.17) is 0 Å². The number of hydrogen-bond donors (Lipinski definition) is 3. The molecule has 136 valence electrons. The molecule has 8 nitrogen and oxygen atoms in total. The average molecular weight is 477 g/mol. The van der Waals surface area contributed by atoms with Gasteiger partial charge in [0.15, 0.2) is 0 Å². The van der Waals surface area contributed by atoms with E-state index < -0.39 is 10.8 Å². The maximum Gasteiger partial charge on any atom is 0.275 e. The smallest absolute Gasteiger partial charge is 0.275 e. The fraction of sp³-hybridized carbons (Fsp3) is 0. The number of fused-ring (bicyclic) bond motifs is 1. The maximum absolute atomic E-state index is 12.3. The van der Waals surface area contributed by atoms with E-state index in [0.717, 1.165) is 23.1 Å². The Kier molecular flexibility index (Phi) is 5.21. The van der Waals surface area contributed by atoms with Crippen molar-refractivity contribution in [2.75, 3.05) is 0 Å². The molecule has 3 aromatic rings. The number of halogens is 1. The number of amides is 1. The van der Waals surface area contributed by atoms with Gasteiger partial charge in [-0.05, 0) is 45.5 Å². The van der Waals surface area contributed by atoms with Crippen LogP contribution in [0.15, 0.2) is 53.6 Å². The molecule has 0 aliphatic carbocycles. The van der Waals surface area contributed by atoms with Crippen LogP contribution in [-0.4, -0.2) is 27.3 Å². The minimum absolute atomic E-state index is 0.0312. The van der Waals surface area contributed by atoms with Crippen LogP contribution < -0.4 is 5.43 Å². The van der Waals surface area contributed by atoms with Crippen LogP contribution in [0.5, 0.6) is 11.5 Å². The molecule has 0 aliphatic heterocycles. The van der Waals surface area contributed by atoms with Gasteiger partial charge in [-0.3, -0.25) is 14.9 Å². The first-order valence-electron chi connectivity index (χ1n) is 7.59. The monoisotopic (exact) mass is 477 g/mol. The van der Waals surface area contributed by atoms with Crippen molar-refractivity contribution >= 4 is 51.2 Å². The summed E-state index contributed by atoms with van der Waals surface area (Å²) in [4.78, 5) is 22.6. The van der Waals surface area contributed by atoms with Gasteiger partial charge in [0.25, 0.3) is 11.6 Å². The Morgan fingerprint density at radius 3 is 2.48 bits per heavy atom. The lowest BCUT2D eigenvalue weighted by Crippen LogP contribution is -2.17. The summed E-state index contributed by atoms with van der Waals surface area (Å²) in [6.45, 7) is 0. The van der Waals surface area contributed by atoms with Gasteiger partial charge < -0.3 is 10.2 Å². The topological polar surface area (TPSA) is 125 Å². The predicted octanol–water partition coefficient (Wildman–Crippen LogP) is 3.53. The first-order chi connectivity index (χ1) is 12.9. The molecule has 0 radical (unpaired) electrons. The third kappa shape index (κ3) is 3.97. The van der Waals surface area contributed by atoms with Crippen LogP contribution in [0.3, 0.4) is 0 Å². The van der Waals surface area contributed by atoms with Gasteiger partial charge >= 0.3 is 0 Å². The fourth-order valence-electron chi connectivity index (χ4n) is 2.44. The van der Waals surface area contributed by atoms with E-state index in [0.29, 0.717) is 0 Å². The summed E-state index contributed by atoms with van der Waals surface area (Å²) in [5.74, 6) is -1.05. The van der Waals surface area contributed by atoms with E-state index in [1.54, 1.807) is 28.7 Å². The van der Waals surface area contributed by atoms with Crippen molar-refractivity contribution in [3.05, 3.63) is 73.3 Å². The maximum atomic E-state index is 12.3. The van der Waals surface area contributed by atoms with Crippen LogP contribution in [0.1, 0.15) is 15.9 Å². The molecule has 0 heterocycles. The van der Waals surface area contributed by atoms with E-state index in [2.05, 4.69) is 10.5 Å². The zero-order chi connectivity index (χ0) is 19.6. The minimum atomic E-state index is -0.658. The van der Waals surface area contributed by atoms with Crippen molar-refractivity contribution in [3.8, 4) is 11.5 Å². The molecule has 3 N–H and O–H groups in total. The molecule has 1 amide bonds. The number of carbonyl (C=O) groups excluding carboxylic acids is 1. The van der Waals surface area contributed by atoms with E-state index >= 15 is 0 Å². The molecule has 0 unspecified atom stereocenters. The van der Waals surface area contributed by atoms with Crippen molar-refractivity contribution in [2.24, 2.45) is 5.10 Å². The number of nitrogens with one attached hydrogen (secondary N) is 1. The summed E-state index contributed by atoms with van der Waals surface area (Å²) in [6.07, 6.45) is 1.10. The number of phenolic OH excluding ortho intramolecular Hbond substituents is 2. The average Bonchev–Trinajstić information content (AvgIpc) is 2.64. The third-order valence-electron chi connectivity index (χ3n) is 3.77. The Labute approximate surface area is 166 Å². The molecule has 9 heteroatoms. The standard InChI is InChI=1S/C18H12IN3O5/c19-15-8-13(22(26)27)5-12(17(15)24)9-20-21-18(25)14-6-10-3-1-2-4-11(10)7-16(14)23/h1-9,23-24H,(H,21,25). The van der Waals surface area contributed by atoms with Crippen molar-refractivity contribution in [2.45, 2.75) is 0 Å². The van der Waals surface area contributed by atoms with Crippen molar-refractivity contribution < 1.29 is 19.9 Å². The second-order valence-corrected chi connectivity index (χ2v) is 6.70. The Morgan fingerprint density at radius 2 is 1.81 bits per heavy atom. The molecule has 0 saturated heterocycles. The number of rotatable bonds is 4. The van der Waals surface area contributed by atoms with Gasteiger partial charge in [0.1, 0.15) is 11.5 Å². The number of hydrazone groups is 1. The highest BCUT2D eigenvalue weighted by Gasteiger charge is 2.14. The Morgan fingerprint density at radius 1 is 1.15 bits per heavy atom. The quantitative estimate of drug-likeness (QED) is 0.230. The molecule has 3 aromatic carbocycles. The van der Waals surface area contributed by atoms with Gasteiger partial charge in [-0.15, -0.1) is 0 Å². The summed E-state index contributed by atoms with van der Waals surface area (Å²) >= 11 is 1.76. The highest BCUT2D eigenvalue weighted by molar-refractivity contribution is 14.1. The molecule has 3 rings (SSSR count). The van der Waals surface area contributed by atoms with Crippen molar-refractivity contribution in [3.63, 3.8) is 0 Å². The molecule has 0 fully saturated rings. The van der Waals surface area contributed by atoms with E-state index in [1.807, 2.05) is 18.2 Å². The SMILES string of the molecule is O=C(NN=Cc1cc([N+](=O)[O-])cc(I)c1O)c1cc2ccccc2cc1O. The van der Waals surface area contributed by atoms with E-state index in [1.165, 1.54) is 18.2 Å². The zero-order valence-electron chi connectivity index (χ0n) is 13.6. The molecule has 0 spiro atoms. The van der Waals surface area contributed by atoms with E-state index in [-0.39, 0.29) is 31.9 Å². The largest absolute Gasteiger partial charge is 0.507 e. The van der Waals surface area contributed by atoms with Crippen LogP contribution in [-0.2, 0) is 0 Å². The van der Waals surface area contributed by atoms with Crippen LogP contribution in [0.25, 0.3) is 10.8 Å². The van der Waals surface area contributed by atoms with Gasteiger partial charge in [-0.1, -0.05) is 24.3 Å². The third-order valence-corrected chi connectivity index (χ3v) is 4.59. The van der Waals surface area contributed by atoms with E-state index in [9.17, 15) is 25.1 Å². The van der Waals surface area contributed by atoms with Crippen LogP contribution in [0.4, 0.5) is 5.69 Å². The second-order valence-electron chi connectivity index (χ2n) is 5.54. The normalized spacial score (nSPS) is 11.0. The van der Waals surface area contributed by atoms with Crippen LogP contribution in [0.2, 0.25) is 0 Å². The Bertz CT molecular complexity index is 1100. The molecule has 0 saturated carbocycles. The van der Waals surface area contributed by atoms with Crippen molar-refractivity contribution in [1.82, 2.24) is 5.43 Å². The Hall–Kier alpha value is -3.21. The summed E-state index contributed by atoms with van der Waals surface area (Å²) < 4.78 is 0.279. The molecule has 27 heavy (non-hydrogen) atoms. The molecule has 0 aromatic heterocycles. The van der Waals surface area contributed by atoms with Crippen LogP contribution >= 0.6 is 22.6 Å². The molecule has 0 bridgehead atoms. The lowest BCUT2D eigenvalue weighted by Gasteiger charge is -2.06. The number of carbonyl (C=O) groups is 1. The molecule has 0 aliphatic rings. The number of hydrogen-bond acceptors (Lipinski definition) is 6. The molecule has 0 atom stereocenters. The van der Waals surface area contributed by atoms with Gasteiger partial charge in [0, 0.05) is 17.7 Å². The van der Waals surface area contributed by atoms with Gasteiger partial charge in [0.2, 0.25) is 0 Å². The zero-order valence-corrected chi connectivity index (χ0v) is 15.7. The van der Waals surface area contributed by atoms with Gasteiger partial charge in [-0.2, -0.15) is 5.10 Å². The van der Waals surface area contributed by atoms with Gasteiger partial charge in [0.05, 0.1) is 20.3 Å². The minimum Gasteiger partial charge on any atom is -0.507 e. The number of phenols is 2. The van der Waals surface area contributed by atoms with Crippen LogP contribution in [0, 0.1) is 13.7 Å². The summed E-state index contributed by atoms with van der Waals surface area (Å²) in [5.41, 5.74) is 2.14. The first-order valence-corrected chi connectivity index (χ1v) is 8.67. The number of aromatic hydroxyl groups is 2. The fourth-order valence-corrected chi connectivity index (χ4v) is 3.07. The van der Waals surface area contributed by atoms with Crippen molar-refractivity contribution in [1.29, 1.82) is 0 Å². The highest BCUT2D eigenvalue weighted by Crippen LogP contribution is 2.28. The molecular formula is C18H12IN3O5. The number of nitrogens with zero attached hydrogens (tertiary/aromatic N) is 2. The summed E-state index contributed by atoms with van der Waals surface area (Å²) in [7, 11) is 0. The second kappa shape index (κ2) is 7.58. The lowest BCUT2D eigenvalue weighted by atomic mass is 10.1. The Balaban J connectivity index is 1.84.